The average molecular weight is 311 g/mol. The molecule has 1 heterocycles. The van der Waals surface area contributed by atoms with E-state index in [9.17, 15) is 0 Å². The molecule has 0 spiro atoms. The molecule has 0 radical (unpaired) electrons. The molecule has 2 rings (SSSR count). The van der Waals surface area contributed by atoms with Crippen LogP contribution in [0.1, 0.15) is 32.3 Å². The molecule has 1 aliphatic rings. The molecule has 3 heteroatoms. The summed E-state index contributed by atoms with van der Waals surface area (Å²) in [7, 11) is 0. The molecule has 0 unspecified atom stereocenters. The van der Waals surface area contributed by atoms with Gasteiger partial charge in [0.15, 0.2) is 0 Å². The molecule has 1 aromatic rings. The van der Waals surface area contributed by atoms with Crippen molar-refractivity contribution in [1.82, 2.24) is 5.32 Å². The third kappa shape index (κ3) is 2.89. The molecule has 1 N–H and O–H groups in total. The van der Waals surface area contributed by atoms with Crippen LogP contribution in [0.5, 0.6) is 0 Å². The fourth-order valence-electron chi connectivity index (χ4n) is 2.80. The normalized spacial score (nSPS) is 19.0. The molecule has 0 amide bonds. The first-order valence-electron chi connectivity index (χ1n) is 6.86. The maximum atomic E-state index is 3.71. The zero-order valence-electron chi connectivity index (χ0n) is 11.6. The monoisotopic (exact) mass is 310 g/mol. The van der Waals surface area contributed by atoms with E-state index in [4.69, 9.17) is 0 Å². The molecule has 18 heavy (non-hydrogen) atoms. The fourth-order valence-corrected chi connectivity index (χ4v) is 3.40. The average Bonchev–Trinajstić information content (AvgIpc) is 2.37. The van der Waals surface area contributed by atoms with Gasteiger partial charge in [-0.25, -0.2) is 0 Å². The highest BCUT2D eigenvalue weighted by atomic mass is 79.9. The second kappa shape index (κ2) is 5.62. The number of halogens is 1. The molecule has 0 saturated carbocycles. The summed E-state index contributed by atoms with van der Waals surface area (Å²) in [5.74, 6) is 0. The Hall–Kier alpha value is -0.540. The molecule has 1 fully saturated rings. The van der Waals surface area contributed by atoms with Crippen molar-refractivity contribution < 1.29 is 0 Å². The van der Waals surface area contributed by atoms with Crippen LogP contribution in [0.2, 0.25) is 0 Å². The zero-order chi connectivity index (χ0) is 13.2. The Balaban J connectivity index is 2.22. The van der Waals surface area contributed by atoms with E-state index in [-0.39, 0.29) is 5.54 Å². The predicted octanol–water partition coefficient (Wildman–Crippen LogP) is 3.73. The quantitative estimate of drug-likeness (QED) is 0.915. The summed E-state index contributed by atoms with van der Waals surface area (Å²) >= 11 is 3.60. The molecule has 0 atom stereocenters. The molecule has 1 aliphatic heterocycles. The van der Waals surface area contributed by atoms with Crippen molar-refractivity contribution in [2.45, 2.75) is 39.2 Å². The first-order chi connectivity index (χ1) is 8.58. The van der Waals surface area contributed by atoms with Crippen LogP contribution in [-0.2, 0) is 0 Å². The highest BCUT2D eigenvalue weighted by Crippen LogP contribution is 2.27. The number of anilines is 1. The number of nitrogens with zero attached hydrogens (tertiary/aromatic N) is 1. The second-order valence-corrected chi connectivity index (χ2v) is 6.24. The number of rotatable bonds is 3. The van der Waals surface area contributed by atoms with E-state index >= 15 is 0 Å². The van der Waals surface area contributed by atoms with Gasteiger partial charge < -0.3 is 10.2 Å². The molecule has 2 nitrogen and oxygen atoms in total. The van der Waals surface area contributed by atoms with Gasteiger partial charge in [0.1, 0.15) is 0 Å². The van der Waals surface area contributed by atoms with E-state index in [0.29, 0.717) is 0 Å². The third-order valence-electron chi connectivity index (χ3n) is 4.12. The van der Waals surface area contributed by atoms with E-state index in [1.165, 1.54) is 28.6 Å². The van der Waals surface area contributed by atoms with E-state index in [2.05, 4.69) is 65.1 Å². The molecular weight excluding hydrogens is 288 g/mol. The maximum Gasteiger partial charge on any atom is 0.0381 e. The SMILES string of the molecule is CCC1(CC)CN(c2cc(C)cc(Br)c2)CCN1. The van der Waals surface area contributed by atoms with Crippen LogP contribution in [0.4, 0.5) is 5.69 Å². The second-order valence-electron chi connectivity index (χ2n) is 5.32. The van der Waals surface area contributed by atoms with Crippen molar-refractivity contribution in [2.75, 3.05) is 24.5 Å². The van der Waals surface area contributed by atoms with E-state index in [1.54, 1.807) is 0 Å². The van der Waals surface area contributed by atoms with Gasteiger partial charge in [0.05, 0.1) is 0 Å². The molecule has 0 bridgehead atoms. The van der Waals surface area contributed by atoms with Crippen LogP contribution >= 0.6 is 15.9 Å². The summed E-state index contributed by atoms with van der Waals surface area (Å²) in [5.41, 5.74) is 2.94. The van der Waals surface area contributed by atoms with Crippen molar-refractivity contribution in [2.24, 2.45) is 0 Å². The lowest BCUT2D eigenvalue weighted by atomic mass is 9.90. The van der Waals surface area contributed by atoms with Crippen LogP contribution < -0.4 is 10.2 Å². The lowest BCUT2D eigenvalue weighted by Crippen LogP contribution is -2.60. The lowest BCUT2D eigenvalue weighted by Gasteiger charge is -2.44. The summed E-state index contributed by atoms with van der Waals surface area (Å²) in [6.45, 7) is 10.0. The molecule has 1 saturated heterocycles. The summed E-state index contributed by atoms with van der Waals surface area (Å²) < 4.78 is 1.18. The van der Waals surface area contributed by atoms with E-state index in [1.807, 2.05) is 0 Å². The molecule has 100 valence electrons. The minimum absolute atomic E-state index is 0.286. The number of benzene rings is 1. The summed E-state index contributed by atoms with van der Waals surface area (Å²) in [4.78, 5) is 2.52. The molecule has 1 aromatic carbocycles. The molecule has 0 aromatic heterocycles. The van der Waals surface area contributed by atoms with Gasteiger partial charge in [-0.3, -0.25) is 0 Å². The van der Waals surface area contributed by atoms with Crippen molar-refractivity contribution in [3.05, 3.63) is 28.2 Å². The Morgan fingerprint density at radius 3 is 2.61 bits per heavy atom. The summed E-state index contributed by atoms with van der Waals surface area (Å²) in [6, 6.07) is 6.68. The molecular formula is C15H23BrN2. The van der Waals surface area contributed by atoms with Crippen molar-refractivity contribution in [3.63, 3.8) is 0 Å². The fraction of sp³-hybridized carbons (Fsp3) is 0.600. The van der Waals surface area contributed by atoms with Crippen molar-refractivity contribution in [1.29, 1.82) is 0 Å². The number of hydrogen-bond acceptors (Lipinski definition) is 2. The summed E-state index contributed by atoms with van der Waals surface area (Å²) in [5, 5.41) is 3.71. The van der Waals surface area contributed by atoms with Gasteiger partial charge >= 0.3 is 0 Å². The minimum Gasteiger partial charge on any atom is -0.368 e. The van der Waals surface area contributed by atoms with Crippen molar-refractivity contribution in [3.8, 4) is 0 Å². The Labute approximate surface area is 119 Å². The Morgan fingerprint density at radius 2 is 2.00 bits per heavy atom. The number of piperazine rings is 1. The van der Waals surface area contributed by atoms with Gasteiger partial charge in [-0.2, -0.15) is 0 Å². The highest BCUT2D eigenvalue weighted by Gasteiger charge is 2.31. The van der Waals surface area contributed by atoms with Gasteiger partial charge in [0.25, 0.3) is 0 Å². The van der Waals surface area contributed by atoms with E-state index < -0.39 is 0 Å². The van der Waals surface area contributed by atoms with Gasteiger partial charge in [0, 0.05) is 35.3 Å². The number of aryl methyl sites for hydroxylation is 1. The van der Waals surface area contributed by atoms with Crippen LogP contribution in [0.25, 0.3) is 0 Å². The van der Waals surface area contributed by atoms with Gasteiger partial charge in [-0.1, -0.05) is 29.8 Å². The van der Waals surface area contributed by atoms with E-state index in [0.717, 1.165) is 19.6 Å². The lowest BCUT2D eigenvalue weighted by molar-refractivity contribution is 0.277. The molecule has 0 aliphatic carbocycles. The van der Waals surface area contributed by atoms with Gasteiger partial charge in [-0.15, -0.1) is 0 Å². The Kier molecular flexibility index (Phi) is 4.33. The van der Waals surface area contributed by atoms with Gasteiger partial charge in [-0.05, 0) is 43.5 Å². The first kappa shape index (κ1) is 13.9. The number of nitrogens with one attached hydrogen (secondary N) is 1. The van der Waals surface area contributed by atoms with Gasteiger partial charge in [0.2, 0.25) is 0 Å². The van der Waals surface area contributed by atoms with Crippen LogP contribution in [0, 0.1) is 6.92 Å². The highest BCUT2D eigenvalue weighted by molar-refractivity contribution is 9.10. The van der Waals surface area contributed by atoms with Crippen LogP contribution in [0.3, 0.4) is 0 Å². The zero-order valence-corrected chi connectivity index (χ0v) is 13.2. The Morgan fingerprint density at radius 1 is 1.28 bits per heavy atom. The van der Waals surface area contributed by atoms with Crippen LogP contribution in [-0.4, -0.2) is 25.2 Å². The van der Waals surface area contributed by atoms with Crippen molar-refractivity contribution >= 4 is 21.6 Å². The summed E-state index contributed by atoms with van der Waals surface area (Å²) in [6.07, 6.45) is 2.37. The third-order valence-corrected chi connectivity index (χ3v) is 4.58. The largest absolute Gasteiger partial charge is 0.368 e. The standard InChI is InChI=1S/C15H23BrN2/c1-4-15(5-2)11-18(7-6-17-15)14-9-12(3)8-13(16)10-14/h8-10,17H,4-7,11H2,1-3H3. The minimum atomic E-state index is 0.286. The topological polar surface area (TPSA) is 15.3 Å². The maximum absolute atomic E-state index is 3.71. The Bertz CT molecular complexity index is 393. The predicted molar refractivity (Wildman–Crippen MR) is 82.4 cm³/mol. The van der Waals surface area contributed by atoms with Crippen LogP contribution in [0.15, 0.2) is 22.7 Å². The number of hydrogen-bond donors (Lipinski definition) is 1. The first-order valence-corrected chi connectivity index (χ1v) is 7.65. The smallest absolute Gasteiger partial charge is 0.0381 e.